The van der Waals surface area contributed by atoms with Crippen molar-refractivity contribution in [2.24, 2.45) is 5.92 Å². The standard InChI is InChI=1S/C7H18NO2P/c1-5(4-9)3-7(10)6(2)8-11/h5-10H,3-4,11H2,1-2H3/t5-,6+,7-/m1/s1. The smallest absolute Gasteiger partial charge is 0.0696 e. The van der Waals surface area contributed by atoms with Crippen LogP contribution >= 0.6 is 9.39 Å². The highest BCUT2D eigenvalue weighted by atomic mass is 31.0. The van der Waals surface area contributed by atoms with E-state index in [1.54, 1.807) is 0 Å². The van der Waals surface area contributed by atoms with Crippen molar-refractivity contribution in [3.63, 3.8) is 0 Å². The van der Waals surface area contributed by atoms with Gasteiger partial charge in [-0.1, -0.05) is 16.3 Å². The van der Waals surface area contributed by atoms with E-state index < -0.39 is 0 Å². The summed E-state index contributed by atoms with van der Waals surface area (Å²) in [6.07, 6.45) is 0.258. The molecule has 0 amide bonds. The minimum Gasteiger partial charge on any atom is -0.396 e. The Labute approximate surface area is 70.5 Å². The summed E-state index contributed by atoms with van der Waals surface area (Å²) in [6, 6.07) is 0.0639. The maximum atomic E-state index is 9.43. The normalized spacial score (nSPS) is 19.4. The van der Waals surface area contributed by atoms with Crippen molar-refractivity contribution in [1.29, 1.82) is 0 Å². The minimum absolute atomic E-state index is 0.0639. The molecule has 0 radical (unpaired) electrons. The second kappa shape index (κ2) is 5.90. The van der Waals surface area contributed by atoms with Crippen LogP contribution < -0.4 is 5.09 Å². The van der Waals surface area contributed by atoms with Crippen molar-refractivity contribution in [1.82, 2.24) is 5.09 Å². The molecule has 0 heterocycles. The van der Waals surface area contributed by atoms with E-state index in [4.69, 9.17) is 5.11 Å². The van der Waals surface area contributed by atoms with Gasteiger partial charge in [-0.3, -0.25) is 5.09 Å². The van der Waals surface area contributed by atoms with E-state index in [-0.39, 0.29) is 24.7 Å². The summed E-state index contributed by atoms with van der Waals surface area (Å²) in [5.41, 5.74) is 0. The van der Waals surface area contributed by atoms with E-state index in [0.29, 0.717) is 6.42 Å². The van der Waals surface area contributed by atoms with Crippen molar-refractivity contribution in [2.75, 3.05) is 6.61 Å². The third-order valence-electron chi connectivity index (χ3n) is 1.80. The fraction of sp³-hybridized carbons (Fsp3) is 1.00. The Hall–Kier alpha value is 0.310. The zero-order valence-corrected chi connectivity index (χ0v) is 8.27. The number of hydrogen-bond acceptors (Lipinski definition) is 3. The van der Waals surface area contributed by atoms with Gasteiger partial charge in [-0.05, 0) is 19.3 Å². The molecular formula is C7H18NO2P. The monoisotopic (exact) mass is 179 g/mol. The summed E-state index contributed by atoms with van der Waals surface area (Å²) in [5.74, 6) is 0.172. The van der Waals surface area contributed by atoms with Crippen molar-refractivity contribution in [3.05, 3.63) is 0 Å². The number of aliphatic hydroxyl groups is 2. The summed E-state index contributed by atoms with van der Waals surface area (Å²) in [5, 5.41) is 21.0. The predicted molar refractivity (Wildman–Crippen MR) is 49.2 cm³/mol. The molecule has 0 bridgehead atoms. The van der Waals surface area contributed by atoms with Crippen LogP contribution in [0.2, 0.25) is 0 Å². The Morgan fingerprint density at radius 2 is 2.00 bits per heavy atom. The highest BCUT2D eigenvalue weighted by Gasteiger charge is 2.14. The SMILES string of the molecule is C[C@@H](CO)C[C@@H](O)[C@H](C)NP. The van der Waals surface area contributed by atoms with E-state index in [0.717, 1.165) is 0 Å². The van der Waals surface area contributed by atoms with Crippen LogP contribution in [0.4, 0.5) is 0 Å². The van der Waals surface area contributed by atoms with Crippen LogP contribution in [-0.2, 0) is 0 Å². The molecule has 0 saturated carbocycles. The molecule has 4 heteroatoms. The lowest BCUT2D eigenvalue weighted by Crippen LogP contribution is -2.33. The summed E-state index contributed by atoms with van der Waals surface area (Å²) in [6.45, 7) is 3.96. The Balaban J connectivity index is 3.58. The lowest BCUT2D eigenvalue weighted by molar-refractivity contribution is 0.101. The van der Waals surface area contributed by atoms with E-state index in [1.165, 1.54) is 0 Å². The summed E-state index contributed by atoms with van der Waals surface area (Å²) in [7, 11) is 2.37. The molecule has 4 atom stereocenters. The zero-order chi connectivity index (χ0) is 8.85. The van der Waals surface area contributed by atoms with Gasteiger partial charge in [0.2, 0.25) is 0 Å². The third kappa shape index (κ3) is 4.70. The quantitative estimate of drug-likeness (QED) is 0.526. The van der Waals surface area contributed by atoms with Crippen LogP contribution in [0, 0.1) is 5.92 Å². The van der Waals surface area contributed by atoms with E-state index in [2.05, 4.69) is 14.5 Å². The van der Waals surface area contributed by atoms with Crippen LogP contribution in [0.5, 0.6) is 0 Å². The van der Waals surface area contributed by atoms with Crippen molar-refractivity contribution >= 4 is 9.39 Å². The molecule has 0 saturated heterocycles. The lowest BCUT2D eigenvalue weighted by Gasteiger charge is -2.20. The second-order valence-electron chi connectivity index (χ2n) is 3.05. The average Bonchev–Trinajstić information content (AvgIpc) is 2.02. The van der Waals surface area contributed by atoms with Crippen LogP contribution in [0.1, 0.15) is 20.3 Å². The van der Waals surface area contributed by atoms with Gasteiger partial charge in [0.15, 0.2) is 0 Å². The summed E-state index contributed by atoms with van der Waals surface area (Å²) < 4.78 is 0. The van der Waals surface area contributed by atoms with Crippen LogP contribution in [0.15, 0.2) is 0 Å². The van der Waals surface area contributed by atoms with E-state index in [9.17, 15) is 5.11 Å². The van der Waals surface area contributed by atoms with Crippen LogP contribution in [0.3, 0.4) is 0 Å². The molecule has 0 rings (SSSR count). The molecule has 0 aliphatic heterocycles. The molecule has 3 nitrogen and oxygen atoms in total. The maximum absolute atomic E-state index is 9.43. The molecule has 0 aliphatic rings. The van der Waals surface area contributed by atoms with Gasteiger partial charge in [0.05, 0.1) is 6.10 Å². The molecule has 11 heavy (non-hydrogen) atoms. The number of rotatable bonds is 5. The number of nitrogens with one attached hydrogen (secondary N) is 1. The molecular weight excluding hydrogens is 161 g/mol. The van der Waals surface area contributed by atoms with E-state index in [1.807, 2.05) is 13.8 Å². The molecule has 0 spiro atoms. The summed E-state index contributed by atoms with van der Waals surface area (Å²) in [4.78, 5) is 0. The topological polar surface area (TPSA) is 52.5 Å². The van der Waals surface area contributed by atoms with Crippen molar-refractivity contribution < 1.29 is 10.2 Å². The Morgan fingerprint density at radius 1 is 1.45 bits per heavy atom. The molecule has 1 unspecified atom stereocenters. The molecule has 68 valence electrons. The number of hydrogen-bond donors (Lipinski definition) is 3. The van der Waals surface area contributed by atoms with Gasteiger partial charge in [-0.2, -0.15) is 0 Å². The Morgan fingerprint density at radius 3 is 2.36 bits per heavy atom. The fourth-order valence-electron chi connectivity index (χ4n) is 0.802. The first-order valence-corrected chi connectivity index (χ1v) is 4.44. The van der Waals surface area contributed by atoms with Gasteiger partial charge < -0.3 is 10.2 Å². The highest BCUT2D eigenvalue weighted by Crippen LogP contribution is 2.08. The Kier molecular flexibility index (Phi) is 6.06. The van der Waals surface area contributed by atoms with Crippen molar-refractivity contribution in [3.8, 4) is 0 Å². The van der Waals surface area contributed by atoms with Gasteiger partial charge in [0.25, 0.3) is 0 Å². The Bertz CT molecular complexity index is 102. The average molecular weight is 179 g/mol. The first kappa shape index (κ1) is 11.3. The molecule has 0 fully saturated rings. The van der Waals surface area contributed by atoms with E-state index >= 15 is 0 Å². The first-order valence-electron chi connectivity index (χ1n) is 3.86. The third-order valence-corrected chi connectivity index (χ3v) is 2.32. The van der Waals surface area contributed by atoms with Crippen molar-refractivity contribution in [2.45, 2.75) is 32.4 Å². The minimum atomic E-state index is -0.380. The van der Waals surface area contributed by atoms with Crippen LogP contribution in [-0.4, -0.2) is 29.0 Å². The van der Waals surface area contributed by atoms with Gasteiger partial charge in [0.1, 0.15) is 0 Å². The molecule has 0 aromatic rings. The van der Waals surface area contributed by atoms with Gasteiger partial charge >= 0.3 is 0 Å². The second-order valence-corrected chi connectivity index (χ2v) is 3.38. The number of aliphatic hydroxyl groups excluding tert-OH is 2. The predicted octanol–water partition coefficient (Wildman–Crippen LogP) is 0.134. The van der Waals surface area contributed by atoms with Gasteiger partial charge in [0, 0.05) is 12.6 Å². The zero-order valence-electron chi connectivity index (χ0n) is 7.12. The largest absolute Gasteiger partial charge is 0.396 e. The molecule has 0 aliphatic carbocycles. The molecule has 0 aromatic heterocycles. The van der Waals surface area contributed by atoms with Crippen LogP contribution in [0.25, 0.3) is 0 Å². The fourth-order valence-corrected chi connectivity index (χ4v) is 1.02. The molecule has 3 N–H and O–H groups in total. The summed E-state index contributed by atoms with van der Waals surface area (Å²) >= 11 is 0. The first-order chi connectivity index (χ1) is 5.11. The maximum Gasteiger partial charge on any atom is 0.0696 e. The lowest BCUT2D eigenvalue weighted by atomic mass is 10.0. The van der Waals surface area contributed by atoms with Gasteiger partial charge in [-0.15, -0.1) is 0 Å². The van der Waals surface area contributed by atoms with Gasteiger partial charge in [-0.25, -0.2) is 0 Å². The molecule has 0 aromatic carbocycles. The highest BCUT2D eigenvalue weighted by molar-refractivity contribution is 7.13.